The third kappa shape index (κ3) is 13.0. The Balaban J connectivity index is 0.000000226. The molecule has 0 aliphatic rings. The fourth-order valence-corrected chi connectivity index (χ4v) is 5.03. The summed E-state index contributed by atoms with van der Waals surface area (Å²) in [5.41, 5.74) is 6.80. The highest BCUT2D eigenvalue weighted by Crippen LogP contribution is 2.29. The third-order valence-corrected chi connectivity index (χ3v) is 8.97. The largest absolute Gasteiger partial charge is 0.419 e. The number of carbonyl (C=O) groups excluding carboxylic acids is 2. The van der Waals surface area contributed by atoms with Gasteiger partial charge in [0.05, 0.1) is 35.9 Å². The van der Waals surface area contributed by atoms with Gasteiger partial charge < -0.3 is 15.5 Å². The normalized spacial score (nSPS) is 12.3. The summed E-state index contributed by atoms with van der Waals surface area (Å²) in [6.45, 7) is 7.73. The number of rotatable bonds is 10. The Morgan fingerprint density at radius 3 is 1.43 bits per heavy atom. The number of aromatic nitrogens is 12. The van der Waals surface area contributed by atoms with Crippen LogP contribution in [0.25, 0.3) is 11.4 Å². The number of carbonyl (C=O) groups is 2. The van der Waals surface area contributed by atoms with E-state index in [9.17, 15) is 35.9 Å². The topological polar surface area (TPSA) is 205 Å². The molecule has 0 saturated heterocycles. The lowest BCUT2D eigenvalue weighted by Crippen LogP contribution is -2.40. The number of hydrogen-bond donors (Lipinski definition) is 1. The highest BCUT2D eigenvalue weighted by molar-refractivity contribution is 6.28. The minimum Gasteiger partial charge on any atom is -0.338 e. The molecule has 324 valence electrons. The van der Waals surface area contributed by atoms with Crippen LogP contribution >= 0.6 is 11.6 Å². The molecule has 0 aromatic carbocycles. The molecule has 2 amide bonds. The van der Waals surface area contributed by atoms with Crippen LogP contribution in [-0.4, -0.2) is 114 Å². The summed E-state index contributed by atoms with van der Waals surface area (Å²) in [5.74, 6) is -0.225. The Bertz CT molecular complexity index is 2330. The lowest BCUT2D eigenvalue weighted by atomic mass is 10.1. The van der Waals surface area contributed by atoms with Gasteiger partial charge in [0.25, 0.3) is 11.8 Å². The molecule has 0 bridgehead atoms. The summed E-state index contributed by atoms with van der Waals surface area (Å²) >= 11 is 5.17. The number of pyridine rings is 2. The molecule has 0 radical (unpaired) electrons. The van der Waals surface area contributed by atoms with Crippen LogP contribution in [0.4, 0.5) is 26.3 Å². The van der Waals surface area contributed by atoms with Crippen molar-refractivity contribution >= 4 is 23.4 Å². The van der Waals surface area contributed by atoms with Gasteiger partial charge in [-0.25, -0.2) is 29.9 Å². The maximum atomic E-state index is 13.1. The summed E-state index contributed by atoms with van der Waals surface area (Å²) in [6.07, 6.45) is 0.843. The molecule has 6 heterocycles. The van der Waals surface area contributed by atoms with E-state index in [0.717, 1.165) is 18.1 Å². The smallest absolute Gasteiger partial charge is 0.338 e. The SMILES string of the molecule is Cc1ccc(-n2nccn2)c(C(=O)N(C)[C@@H](C)CCc2ncc(C(F)(F)F)cn2)n1.Cc1ccc(-n2nccn2)c(C(=O)N(C)[C@@H](C)CN)n1.FC(F)(F)c1cnc(Cl)nc1. The van der Waals surface area contributed by atoms with Gasteiger partial charge >= 0.3 is 12.4 Å². The molecule has 0 unspecified atom stereocenters. The minimum absolute atomic E-state index is 0.0664. The Labute approximate surface area is 350 Å². The Hall–Kier alpha value is -6.49. The molecule has 6 aromatic heterocycles. The molecule has 6 aromatic rings. The number of nitrogens with two attached hydrogens (primary N) is 1. The summed E-state index contributed by atoms with van der Waals surface area (Å²) in [4.78, 5) is 54.0. The first-order valence-electron chi connectivity index (χ1n) is 18.1. The number of nitrogens with zero attached hydrogens (tertiary/aromatic N) is 14. The van der Waals surface area contributed by atoms with E-state index in [-0.39, 0.29) is 40.7 Å². The maximum absolute atomic E-state index is 13.1. The Kier molecular flexibility index (Phi) is 16.0. The van der Waals surface area contributed by atoms with E-state index < -0.39 is 23.5 Å². The van der Waals surface area contributed by atoms with Gasteiger partial charge in [0, 0.05) is 75.3 Å². The van der Waals surface area contributed by atoms with Gasteiger partial charge in [-0.05, 0) is 70.0 Å². The minimum atomic E-state index is -4.47. The second-order valence-corrected chi connectivity index (χ2v) is 13.5. The van der Waals surface area contributed by atoms with Gasteiger partial charge in [0.1, 0.15) is 17.2 Å². The van der Waals surface area contributed by atoms with E-state index in [2.05, 4.69) is 50.3 Å². The summed E-state index contributed by atoms with van der Waals surface area (Å²) in [5, 5.41) is 16.0. The Morgan fingerprint density at radius 1 is 0.672 bits per heavy atom. The molecular formula is C37H40ClF6N15O2. The molecule has 0 spiro atoms. The number of amides is 2. The first kappa shape index (κ1) is 47.2. The van der Waals surface area contributed by atoms with Crippen LogP contribution < -0.4 is 5.73 Å². The van der Waals surface area contributed by atoms with Gasteiger partial charge in [0.2, 0.25) is 5.28 Å². The van der Waals surface area contributed by atoms with Crippen LogP contribution in [0, 0.1) is 13.8 Å². The average molecular weight is 876 g/mol. The number of likely N-dealkylation sites (N-methyl/N-ethyl adjacent to an activating group) is 1. The van der Waals surface area contributed by atoms with Crippen molar-refractivity contribution in [1.82, 2.24) is 69.7 Å². The molecule has 61 heavy (non-hydrogen) atoms. The summed E-state index contributed by atoms with van der Waals surface area (Å²) in [6, 6.07) is 6.80. The fraction of sp³-hybridized carbons (Fsp3) is 0.351. The molecule has 2 N–H and O–H groups in total. The fourth-order valence-electron chi connectivity index (χ4n) is 4.93. The van der Waals surface area contributed by atoms with Gasteiger partial charge in [-0.15, -0.1) is 9.59 Å². The standard InChI is InChI=1S/C19H20F3N7O.C13H18N6O.C5H2ClF3N2/c1-12-4-6-15(29-25-8-9-26-29)17(27-12)18(30)28(3)13(2)5-7-16-23-10-14(11-24-16)19(20,21)22;1-9-4-5-11(19-15-6-7-16-19)12(17-9)13(20)18(3)10(2)8-14;6-4-10-1-3(2-11-4)5(7,8)9/h4,6,8-11,13H,5,7H2,1-3H3;4-7,10H,8,14H2,1-3H3;1-2H/t13-;10-;/m00./s1. The molecule has 24 heteroatoms. The van der Waals surface area contributed by atoms with Crippen molar-refractivity contribution in [3.8, 4) is 11.4 Å². The Morgan fingerprint density at radius 2 is 1.05 bits per heavy atom. The van der Waals surface area contributed by atoms with E-state index in [0.29, 0.717) is 54.5 Å². The van der Waals surface area contributed by atoms with Crippen LogP contribution in [0.15, 0.2) is 73.8 Å². The molecule has 6 rings (SSSR count). The van der Waals surface area contributed by atoms with Crippen LogP contribution in [0.2, 0.25) is 5.28 Å². The quantitative estimate of drug-likeness (QED) is 0.135. The number of aryl methyl sites for hydroxylation is 3. The lowest BCUT2D eigenvalue weighted by molar-refractivity contribution is -0.138. The molecule has 17 nitrogen and oxygen atoms in total. The van der Waals surface area contributed by atoms with E-state index >= 15 is 0 Å². The first-order valence-corrected chi connectivity index (χ1v) is 18.4. The molecular weight excluding hydrogens is 836 g/mol. The van der Waals surface area contributed by atoms with Gasteiger partial charge in [-0.1, -0.05) is 0 Å². The van der Waals surface area contributed by atoms with Crippen molar-refractivity contribution < 1.29 is 35.9 Å². The zero-order valence-electron chi connectivity index (χ0n) is 33.5. The van der Waals surface area contributed by atoms with E-state index in [1.807, 2.05) is 26.8 Å². The maximum Gasteiger partial charge on any atom is 0.419 e. The van der Waals surface area contributed by atoms with E-state index in [4.69, 9.17) is 17.3 Å². The van der Waals surface area contributed by atoms with Gasteiger partial charge in [0.15, 0.2) is 11.4 Å². The van der Waals surface area contributed by atoms with Crippen molar-refractivity contribution in [1.29, 1.82) is 0 Å². The number of alkyl halides is 6. The van der Waals surface area contributed by atoms with Crippen molar-refractivity contribution in [2.45, 2.75) is 65.0 Å². The predicted octanol–water partition coefficient (Wildman–Crippen LogP) is 5.41. The van der Waals surface area contributed by atoms with Crippen molar-refractivity contribution in [2.75, 3.05) is 20.6 Å². The summed E-state index contributed by atoms with van der Waals surface area (Å²) in [7, 11) is 3.36. The molecule has 2 atom stereocenters. The second-order valence-electron chi connectivity index (χ2n) is 13.2. The van der Waals surface area contributed by atoms with Crippen molar-refractivity contribution in [3.63, 3.8) is 0 Å². The van der Waals surface area contributed by atoms with Crippen LogP contribution in [-0.2, 0) is 18.8 Å². The third-order valence-electron chi connectivity index (χ3n) is 8.77. The number of halogens is 7. The van der Waals surface area contributed by atoms with Gasteiger partial charge in [-0.2, -0.15) is 46.7 Å². The predicted molar refractivity (Wildman–Crippen MR) is 207 cm³/mol. The summed E-state index contributed by atoms with van der Waals surface area (Å²) < 4.78 is 73.2. The zero-order chi connectivity index (χ0) is 45.1. The molecule has 0 aliphatic carbocycles. The van der Waals surface area contributed by atoms with Crippen LogP contribution in [0.1, 0.15) is 69.6 Å². The molecule has 0 fully saturated rings. The first-order chi connectivity index (χ1) is 28.7. The van der Waals surface area contributed by atoms with Crippen molar-refractivity contribution in [2.24, 2.45) is 5.73 Å². The monoisotopic (exact) mass is 875 g/mol. The molecule has 0 saturated carbocycles. The van der Waals surface area contributed by atoms with Crippen LogP contribution in [0.3, 0.4) is 0 Å². The van der Waals surface area contributed by atoms with Crippen LogP contribution in [0.5, 0.6) is 0 Å². The van der Waals surface area contributed by atoms with Crippen molar-refractivity contribution in [3.05, 3.63) is 119 Å². The van der Waals surface area contributed by atoms with E-state index in [1.165, 1.54) is 26.9 Å². The second kappa shape index (κ2) is 20.7. The number of hydrogen-bond acceptors (Lipinski definition) is 13. The average Bonchev–Trinajstić information content (AvgIpc) is 3.98. The lowest BCUT2D eigenvalue weighted by Gasteiger charge is -2.25. The highest BCUT2D eigenvalue weighted by atomic mass is 35.5. The highest BCUT2D eigenvalue weighted by Gasteiger charge is 2.32. The van der Waals surface area contributed by atoms with E-state index in [1.54, 1.807) is 56.5 Å². The molecule has 0 aliphatic heterocycles. The zero-order valence-corrected chi connectivity index (χ0v) is 34.3. The van der Waals surface area contributed by atoms with Gasteiger partial charge in [-0.3, -0.25) is 9.59 Å².